The van der Waals surface area contributed by atoms with Crippen molar-refractivity contribution in [2.24, 2.45) is 0 Å². The van der Waals surface area contributed by atoms with Crippen LogP contribution in [0.2, 0.25) is 0 Å². The Balaban J connectivity index is 1.64. The van der Waals surface area contributed by atoms with Crippen LogP contribution in [0.1, 0.15) is 62.1 Å². The molecule has 8 heteroatoms. The van der Waals surface area contributed by atoms with Gasteiger partial charge in [-0.3, -0.25) is 24.0 Å². The van der Waals surface area contributed by atoms with Crippen molar-refractivity contribution in [1.82, 2.24) is 19.8 Å². The van der Waals surface area contributed by atoms with Crippen LogP contribution in [0, 0.1) is 0 Å². The molecule has 8 nitrogen and oxygen atoms in total. The lowest BCUT2D eigenvalue weighted by atomic mass is 9.90. The van der Waals surface area contributed by atoms with Crippen molar-refractivity contribution < 1.29 is 14.3 Å². The molecular weight excluding hydrogens is 384 g/mol. The molecule has 5 rings (SSSR count). The average Bonchev–Trinajstić information content (AvgIpc) is 3.06. The van der Waals surface area contributed by atoms with Crippen molar-refractivity contribution in [2.75, 3.05) is 26.3 Å². The number of aromatic nitrogens is 2. The number of nitrogens with zero attached hydrogens (tertiary/aromatic N) is 2. The van der Waals surface area contributed by atoms with Gasteiger partial charge in [-0.1, -0.05) is 6.07 Å². The number of imidazole rings is 1. The second kappa shape index (κ2) is 8.00. The molecule has 3 aliphatic heterocycles. The molecule has 2 amide bonds. The van der Waals surface area contributed by atoms with Gasteiger partial charge in [0.1, 0.15) is 6.04 Å². The van der Waals surface area contributed by atoms with Gasteiger partial charge in [0.25, 0.3) is 0 Å². The van der Waals surface area contributed by atoms with E-state index in [2.05, 4.69) is 22.8 Å². The first-order chi connectivity index (χ1) is 14.6. The summed E-state index contributed by atoms with van der Waals surface area (Å²) in [6, 6.07) is 5.67. The highest BCUT2D eigenvalue weighted by molar-refractivity contribution is 6.00. The van der Waals surface area contributed by atoms with Gasteiger partial charge in [-0.2, -0.15) is 0 Å². The molecule has 0 radical (unpaired) electrons. The van der Waals surface area contributed by atoms with Crippen LogP contribution in [0.5, 0.6) is 0 Å². The van der Waals surface area contributed by atoms with Gasteiger partial charge >= 0.3 is 5.69 Å². The zero-order valence-electron chi connectivity index (χ0n) is 17.1. The van der Waals surface area contributed by atoms with Gasteiger partial charge in [-0.25, -0.2) is 4.79 Å². The maximum atomic E-state index is 13.6. The van der Waals surface area contributed by atoms with Gasteiger partial charge in [-0.15, -0.1) is 0 Å². The molecule has 0 aliphatic carbocycles. The Hall–Kier alpha value is -2.45. The highest BCUT2D eigenvalue weighted by Gasteiger charge is 2.33. The number of nitrogens with one attached hydrogen (secondary N) is 2. The van der Waals surface area contributed by atoms with E-state index in [0.717, 1.165) is 49.8 Å². The second-order valence-corrected chi connectivity index (χ2v) is 8.61. The number of amides is 2. The molecule has 30 heavy (non-hydrogen) atoms. The van der Waals surface area contributed by atoms with Gasteiger partial charge in [0, 0.05) is 25.7 Å². The Bertz CT molecular complexity index is 1030. The summed E-state index contributed by atoms with van der Waals surface area (Å²) < 4.78 is 9.00. The van der Waals surface area contributed by atoms with Crippen LogP contribution in [-0.2, 0) is 14.3 Å². The van der Waals surface area contributed by atoms with E-state index in [1.54, 1.807) is 4.57 Å². The van der Waals surface area contributed by atoms with Crippen molar-refractivity contribution in [1.29, 1.82) is 0 Å². The minimum atomic E-state index is -0.650. The SMILES string of the molecule is O=C1CCC(n2c(=O)n(C3CCOCC3)c3cc(C4CCNCC4)ccc32)C(=O)N1. The highest BCUT2D eigenvalue weighted by Crippen LogP contribution is 2.32. The number of benzene rings is 1. The van der Waals surface area contributed by atoms with Gasteiger partial charge in [0.05, 0.1) is 11.0 Å². The van der Waals surface area contributed by atoms with Crippen LogP contribution in [0.25, 0.3) is 11.0 Å². The van der Waals surface area contributed by atoms with E-state index in [9.17, 15) is 14.4 Å². The fraction of sp³-hybridized carbons (Fsp3) is 0.591. The van der Waals surface area contributed by atoms with Crippen LogP contribution >= 0.6 is 0 Å². The second-order valence-electron chi connectivity index (χ2n) is 8.61. The summed E-state index contributed by atoms with van der Waals surface area (Å²) >= 11 is 0. The summed E-state index contributed by atoms with van der Waals surface area (Å²) in [5, 5.41) is 5.80. The molecule has 0 spiro atoms. The Kier molecular flexibility index (Phi) is 5.20. The van der Waals surface area contributed by atoms with E-state index in [1.807, 2.05) is 10.6 Å². The maximum Gasteiger partial charge on any atom is 0.330 e. The summed E-state index contributed by atoms with van der Waals surface area (Å²) in [5.41, 5.74) is 2.77. The normalized spacial score (nSPS) is 24.3. The van der Waals surface area contributed by atoms with E-state index in [0.29, 0.717) is 25.6 Å². The number of ether oxygens (including phenoxy) is 1. The van der Waals surface area contributed by atoms with Gasteiger partial charge in [0.2, 0.25) is 11.8 Å². The highest BCUT2D eigenvalue weighted by atomic mass is 16.5. The Morgan fingerprint density at radius 2 is 1.67 bits per heavy atom. The molecule has 1 aromatic heterocycles. The molecule has 160 valence electrons. The first-order valence-corrected chi connectivity index (χ1v) is 11.0. The van der Waals surface area contributed by atoms with Gasteiger partial charge < -0.3 is 10.1 Å². The van der Waals surface area contributed by atoms with Crippen molar-refractivity contribution >= 4 is 22.8 Å². The summed E-state index contributed by atoms with van der Waals surface area (Å²) in [6.07, 6.45) is 4.34. The first-order valence-electron chi connectivity index (χ1n) is 11.0. The minimum absolute atomic E-state index is 0.0616. The van der Waals surface area contributed by atoms with E-state index >= 15 is 0 Å². The molecule has 1 atom stereocenters. The summed E-state index contributed by atoms with van der Waals surface area (Å²) in [5.74, 6) is -0.180. The zero-order valence-corrected chi connectivity index (χ0v) is 17.1. The molecule has 1 aromatic carbocycles. The standard InChI is InChI=1S/C22H28N4O4/c27-20-4-3-18(21(28)24-20)26-17-2-1-15(14-5-9-23-10-6-14)13-19(17)25(22(26)29)16-7-11-30-12-8-16/h1-2,13-14,16,18,23H,3-12H2,(H,24,27,28). The van der Waals surface area contributed by atoms with Crippen molar-refractivity contribution in [3.63, 3.8) is 0 Å². The maximum absolute atomic E-state index is 13.6. The third kappa shape index (κ3) is 3.37. The number of hydrogen-bond donors (Lipinski definition) is 2. The number of rotatable bonds is 3. The summed E-state index contributed by atoms with van der Waals surface area (Å²) in [7, 11) is 0. The van der Waals surface area contributed by atoms with Gasteiger partial charge in [0.15, 0.2) is 0 Å². The third-order valence-electron chi connectivity index (χ3n) is 6.82. The number of fused-ring (bicyclic) bond motifs is 1. The topological polar surface area (TPSA) is 94.4 Å². The quantitative estimate of drug-likeness (QED) is 0.747. The molecule has 2 aromatic rings. The van der Waals surface area contributed by atoms with Crippen LogP contribution in [0.15, 0.2) is 23.0 Å². The van der Waals surface area contributed by atoms with Crippen LogP contribution in [0.4, 0.5) is 0 Å². The number of carbonyl (C=O) groups excluding carboxylic acids is 2. The predicted octanol–water partition coefficient (Wildman–Crippen LogP) is 1.60. The molecule has 3 fully saturated rings. The van der Waals surface area contributed by atoms with E-state index < -0.39 is 6.04 Å². The largest absolute Gasteiger partial charge is 0.381 e. The predicted molar refractivity (Wildman–Crippen MR) is 112 cm³/mol. The smallest absolute Gasteiger partial charge is 0.330 e. The third-order valence-corrected chi connectivity index (χ3v) is 6.82. The van der Waals surface area contributed by atoms with Crippen molar-refractivity contribution in [3.05, 3.63) is 34.2 Å². The summed E-state index contributed by atoms with van der Waals surface area (Å²) in [6.45, 7) is 3.28. The zero-order chi connectivity index (χ0) is 20.7. The Labute approximate surface area is 174 Å². The number of imide groups is 1. The van der Waals surface area contributed by atoms with Gasteiger partial charge in [-0.05, 0) is 68.8 Å². The fourth-order valence-electron chi connectivity index (χ4n) is 5.19. The molecule has 0 saturated carbocycles. The lowest BCUT2D eigenvalue weighted by molar-refractivity contribution is -0.135. The van der Waals surface area contributed by atoms with Crippen molar-refractivity contribution in [3.8, 4) is 0 Å². The molecule has 2 N–H and O–H groups in total. The lowest BCUT2D eigenvalue weighted by Crippen LogP contribution is -2.44. The van der Waals surface area contributed by atoms with Crippen molar-refractivity contribution in [2.45, 2.75) is 56.5 Å². The van der Waals surface area contributed by atoms with Crippen LogP contribution in [-0.4, -0.2) is 47.3 Å². The number of carbonyl (C=O) groups is 2. The molecule has 3 aliphatic rings. The molecule has 1 unspecified atom stereocenters. The Morgan fingerprint density at radius 3 is 2.40 bits per heavy atom. The molecule has 3 saturated heterocycles. The van der Waals surface area contributed by atoms with Crippen LogP contribution in [0.3, 0.4) is 0 Å². The van der Waals surface area contributed by atoms with E-state index in [-0.39, 0.29) is 30.0 Å². The molecule has 0 bridgehead atoms. The van der Waals surface area contributed by atoms with E-state index in [4.69, 9.17) is 4.74 Å². The van der Waals surface area contributed by atoms with E-state index in [1.165, 1.54) is 5.56 Å². The number of hydrogen-bond acceptors (Lipinski definition) is 5. The average molecular weight is 412 g/mol. The summed E-state index contributed by atoms with van der Waals surface area (Å²) in [4.78, 5) is 37.8. The fourth-order valence-corrected chi connectivity index (χ4v) is 5.19. The number of piperidine rings is 2. The van der Waals surface area contributed by atoms with Crippen LogP contribution < -0.4 is 16.3 Å². The molecule has 4 heterocycles. The molecular formula is C22H28N4O4. The minimum Gasteiger partial charge on any atom is -0.381 e. The first kappa shape index (κ1) is 19.5. The monoisotopic (exact) mass is 412 g/mol. The lowest BCUT2D eigenvalue weighted by Gasteiger charge is -2.25. The Morgan fingerprint density at radius 1 is 0.900 bits per heavy atom.